The van der Waals surface area contributed by atoms with Crippen LogP contribution in [0.4, 0.5) is 5.69 Å². The molecule has 0 heterocycles. The minimum Gasteiger partial charge on any atom is -0.481 e. The fourth-order valence-electron chi connectivity index (χ4n) is 1.34. The van der Waals surface area contributed by atoms with Crippen molar-refractivity contribution in [1.82, 2.24) is 5.32 Å². The van der Waals surface area contributed by atoms with Crippen molar-refractivity contribution in [2.75, 3.05) is 18.8 Å². The molecular weight excluding hydrogens is 220 g/mol. The summed E-state index contributed by atoms with van der Waals surface area (Å²) >= 11 is 0. The van der Waals surface area contributed by atoms with Gasteiger partial charge in [0.2, 0.25) is 0 Å². The molecule has 5 heteroatoms. The summed E-state index contributed by atoms with van der Waals surface area (Å²) in [5.41, 5.74) is 6.74. The molecule has 0 atom stereocenters. The van der Waals surface area contributed by atoms with Crippen LogP contribution in [0, 0.1) is 0 Å². The normalized spacial score (nSPS) is 10.1. The van der Waals surface area contributed by atoms with Crippen LogP contribution in [0.25, 0.3) is 0 Å². The van der Waals surface area contributed by atoms with E-state index in [0.29, 0.717) is 24.2 Å². The number of hydrogen-bond donors (Lipinski definition) is 3. The van der Waals surface area contributed by atoms with Crippen molar-refractivity contribution < 1.29 is 14.7 Å². The number of carbonyl (C=O) groups excluding carboxylic acids is 1. The number of Topliss-reactive ketones (excluding diaryl/α,β-unsaturated/α-hetero) is 1. The second kappa shape index (κ2) is 6.65. The lowest BCUT2D eigenvalue weighted by molar-refractivity contribution is -0.137. The van der Waals surface area contributed by atoms with E-state index in [1.807, 2.05) is 0 Å². The molecule has 0 saturated heterocycles. The Morgan fingerprint density at radius 3 is 2.47 bits per heavy atom. The minimum absolute atomic E-state index is 0.0275. The summed E-state index contributed by atoms with van der Waals surface area (Å²) in [5, 5.41) is 11.3. The van der Waals surface area contributed by atoms with Gasteiger partial charge in [-0.05, 0) is 37.2 Å². The number of carboxylic acids is 1. The zero-order chi connectivity index (χ0) is 12.7. The first-order valence-electron chi connectivity index (χ1n) is 5.41. The Morgan fingerprint density at radius 2 is 1.88 bits per heavy atom. The molecule has 0 radical (unpaired) electrons. The van der Waals surface area contributed by atoms with Gasteiger partial charge in [0, 0.05) is 17.7 Å². The maximum absolute atomic E-state index is 11.6. The SMILES string of the molecule is Nc1ccc(C(=O)CNCCCC(=O)O)cc1. The number of nitrogens with one attached hydrogen (secondary N) is 1. The molecule has 0 aliphatic rings. The topological polar surface area (TPSA) is 92.4 Å². The fraction of sp³-hybridized carbons (Fsp3) is 0.333. The summed E-state index contributed by atoms with van der Waals surface area (Å²) < 4.78 is 0. The number of carbonyl (C=O) groups is 2. The highest BCUT2D eigenvalue weighted by molar-refractivity contribution is 5.97. The van der Waals surface area contributed by atoms with Gasteiger partial charge in [-0.3, -0.25) is 9.59 Å². The van der Waals surface area contributed by atoms with Crippen molar-refractivity contribution in [3.8, 4) is 0 Å². The van der Waals surface area contributed by atoms with Crippen molar-refractivity contribution in [3.63, 3.8) is 0 Å². The van der Waals surface area contributed by atoms with Crippen molar-refractivity contribution in [1.29, 1.82) is 0 Å². The van der Waals surface area contributed by atoms with Crippen LogP contribution in [-0.2, 0) is 4.79 Å². The van der Waals surface area contributed by atoms with E-state index >= 15 is 0 Å². The third kappa shape index (κ3) is 5.12. The van der Waals surface area contributed by atoms with E-state index in [1.54, 1.807) is 24.3 Å². The van der Waals surface area contributed by atoms with Crippen molar-refractivity contribution in [3.05, 3.63) is 29.8 Å². The predicted octanol–water partition coefficient (Wildman–Crippen LogP) is 0.906. The molecule has 0 spiro atoms. The number of aliphatic carboxylic acids is 1. The molecule has 0 saturated carbocycles. The predicted molar refractivity (Wildman–Crippen MR) is 64.9 cm³/mol. The van der Waals surface area contributed by atoms with Crippen molar-refractivity contribution >= 4 is 17.4 Å². The molecule has 0 unspecified atom stereocenters. The average molecular weight is 236 g/mol. The molecule has 17 heavy (non-hydrogen) atoms. The van der Waals surface area contributed by atoms with Crippen LogP contribution in [0.15, 0.2) is 24.3 Å². The summed E-state index contributed by atoms with van der Waals surface area (Å²) in [6.07, 6.45) is 0.632. The Hall–Kier alpha value is -1.88. The number of rotatable bonds is 7. The lowest BCUT2D eigenvalue weighted by Gasteiger charge is -2.03. The minimum atomic E-state index is -0.823. The zero-order valence-electron chi connectivity index (χ0n) is 9.48. The second-order valence-electron chi connectivity index (χ2n) is 3.72. The standard InChI is InChI=1S/C12H16N2O3/c13-10-5-3-9(4-6-10)11(15)8-14-7-1-2-12(16)17/h3-6,14H,1-2,7-8,13H2,(H,16,17). The van der Waals surface area contributed by atoms with E-state index in [2.05, 4.69) is 5.32 Å². The Labute approximate surface area is 99.6 Å². The maximum Gasteiger partial charge on any atom is 0.303 e. The Bertz CT molecular complexity index is 387. The van der Waals surface area contributed by atoms with Crippen LogP contribution in [-0.4, -0.2) is 29.9 Å². The fourth-order valence-corrected chi connectivity index (χ4v) is 1.34. The van der Waals surface area contributed by atoms with Gasteiger partial charge in [0.05, 0.1) is 6.54 Å². The molecule has 1 rings (SSSR count). The molecule has 0 amide bonds. The second-order valence-corrected chi connectivity index (χ2v) is 3.72. The molecule has 92 valence electrons. The van der Waals surface area contributed by atoms with Gasteiger partial charge in [0.15, 0.2) is 5.78 Å². The van der Waals surface area contributed by atoms with E-state index in [4.69, 9.17) is 10.8 Å². The maximum atomic E-state index is 11.6. The quantitative estimate of drug-likeness (QED) is 0.371. The molecule has 0 aliphatic carbocycles. The van der Waals surface area contributed by atoms with Crippen LogP contribution < -0.4 is 11.1 Å². The molecule has 5 nitrogen and oxygen atoms in total. The average Bonchev–Trinajstić information content (AvgIpc) is 2.29. The first kappa shape index (κ1) is 13.2. The van der Waals surface area contributed by atoms with E-state index in [1.165, 1.54) is 0 Å². The number of ketones is 1. The van der Waals surface area contributed by atoms with Gasteiger partial charge in [-0.1, -0.05) is 0 Å². The van der Waals surface area contributed by atoms with Gasteiger partial charge in [0.25, 0.3) is 0 Å². The smallest absolute Gasteiger partial charge is 0.303 e. The van der Waals surface area contributed by atoms with Crippen LogP contribution >= 0.6 is 0 Å². The number of hydrogen-bond acceptors (Lipinski definition) is 4. The third-order valence-electron chi connectivity index (χ3n) is 2.26. The van der Waals surface area contributed by atoms with Gasteiger partial charge in [-0.15, -0.1) is 0 Å². The first-order valence-corrected chi connectivity index (χ1v) is 5.41. The molecule has 1 aromatic carbocycles. The molecule has 0 aromatic heterocycles. The van der Waals surface area contributed by atoms with Gasteiger partial charge in [0.1, 0.15) is 0 Å². The van der Waals surface area contributed by atoms with Crippen LogP contribution in [0.5, 0.6) is 0 Å². The van der Waals surface area contributed by atoms with Crippen LogP contribution in [0.1, 0.15) is 23.2 Å². The molecular formula is C12H16N2O3. The summed E-state index contributed by atoms with van der Waals surface area (Å²) in [6.45, 7) is 0.733. The number of nitrogen functional groups attached to an aromatic ring is 1. The Kier molecular flexibility index (Phi) is 5.16. The van der Waals surface area contributed by atoms with E-state index in [9.17, 15) is 9.59 Å². The lowest BCUT2D eigenvalue weighted by Crippen LogP contribution is -2.24. The first-order chi connectivity index (χ1) is 8.09. The number of anilines is 1. The highest BCUT2D eigenvalue weighted by atomic mass is 16.4. The van der Waals surface area contributed by atoms with Gasteiger partial charge in [-0.25, -0.2) is 0 Å². The van der Waals surface area contributed by atoms with Crippen molar-refractivity contribution in [2.45, 2.75) is 12.8 Å². The highest BCUT2D eigenvalue weighted by Crippen LogP contribution is 2.05. The number of carboxylic acid groups (broad SMARTS) is 1. The van der Waals surface area contributed by atoms with Crippen molar-refractivity contribution in [2.24, 2.45) is 0 Å². The monoisotopic (exact) mass is 236 g/mol. The van der Waals surface area contributed by atoms with E-state index < -0.39 is 5.97 Å². The summed E-state index contributed by atoms with van der Waals surface area (Å²) in [4.78, 5) is 21.9. The zero-order valence-corrected chi connectivity index (χ0v) is 9.48. The summed E-state index contributed by atoms with van der Waals surface area (Å²) in [7, 11) is 0. The molecule has 0 bridgehead atoms. The van der Waals surface area contributed by atoms with E-state index in [-0.39, 0.29) is 18.7 Å². The largest absolute Gasteiger partial charge is 0.481 e. The molecule has 1 aromatic rings. The summed E-state index contributed by atoms with van der Waals surface area (Å²) in [5.74, 6) is -0.850. The Morgan fingerprint density at radius 1 is 1.24 bits per heavy atom. The highest BCUT2D eigenvalue weighted by Gasteiger charge is 2.04. The molecule has 0 fully saturated rings. The number of nitrogens with two attached hydrogens (primary N) is 1. The molecule has 0 aliphatic heterocycles. The number of benzene rings is 1. The van der Waals surface area contributed by atoms with Gasteiger partial charge >= 0.3 is 5.97 Å². The van der Waals surface area contributed by atoms with Crippen LogP contribution in [0.2, 0.25) is 0 Å². The third-order valence-corrected chi connectivity index (χ3v) is 2.26. The van der Waals surface area contributed by atoms with Crippen LogP contribution in [0.3, 0.4) is 0 Å². The summed E-state index contributed by atoms with van der Waals surface area (Å²) in [6, 6.07) is 6.71. The van der Waals surface area contributed by atoms with Gasteiger partial charge < -0.3 is 16.2 Å². The Balaban J connectivity index is 2.25. The van der Waals surface area contributed by atoms with Gasteiger partial charge in [-0.2, -0.15) is 0 Å². The lowest BCUT2D eigenvalue weighted by atomic mass is 10.1. The van der Waals surface area contributed by atoms with E-state index in [0.717, 1.165) is 0 Å². The molecule has 4 N–H and O–H groups in total.